The quantitative estimate of drug-likeness (QED) is 0.217. The molecule has 1 aliphatic rings. The van der Waals surface area contributed by atoms with Crippen molar-refractivity contribution in [2.24, 2.45) is 10.9 Å². The first kappa shape index (κ1) is 21.2. The third kappa shape index (κ3) is 5.45. The molecule has 1 aliphatic heterocycles. The molecule has 0 spiro atoms. The Morgan fingerprint density at radius 3 is 2.36 bits per heavy atom. The molecular formula is C19H26N4O5. The lowest BCUT2D eigenvalue weighted by atomic mass is 10.1. The van der Waals surface area contributed by atoms with Crippen molar-refractivity contribution < 1.29 is 24.3 Å². The highest BCUT2D eigenvalue weighted by molar-refractivity contribution is 6.00. The van der Waals surface area contributed by atoms with E-state index in [9.17, 15) is 14.4 Å². The number of hydrogen-bond acceptors (Lipinski definition) is 6. The number of piperidine rings is 1. The molecule has 0 aromatic heterocycles. The number of likely N-dealkylation sites (tertiary alicyclic amines) is 1. The van der Waals surface area contributed by atoms with E-state index in [0.29, 0.717) is 43.5 Å². The van der Waals surface area contributed by atoms with Crippen molar-refractivity contribution in [2.45, 2.75) is 45.3 Å². The Labute approximate surface area is 163 Å². The molecule has 152 valence electrons. The van der Waals surface area contributed by atoms with Gasteiger partial charge in [-0.25, -0.2) is 0 Å². The molecule has 1 saturated heterocycles. The summed E-state index contributed by atoms with van der Waals surface area (Å²) in [6, 6.07) is 5.49. The largest absolute Gasteiger partial charge is 0.462 e. The number of nitrogens with one attached hydrogen (secondary N) is 1. The summed E-state index contributed by atoms with van der Waals surface area (Å²) in [7, 11) is 0. The predicted molar refractivity (Wildman–Crippen MR) is 102 cm³/mol. The fraction of sp³-hybridized carbons (Fsp3) is 0.474. The van der Waals surface area contributed by atoms with Crippen LogP contribution in [0.3, 0.4) is 0 Å². The molecule has 2 amide bonds. The Balaban J connectivity index is 1.87. The fourth-order valence-corrected chi connectivity index (χ4v) is 2.93. The van der Waals surface area contributed by atoms with Crippen molar-refractivity contribution >= 4 is 23.6 Å². The zero-order valence-electron chi connectivity index (χ0n) is 16.1. The van der Waals surface area contributed by atoms with Gasteiger partial charge in [0.25, 0.3) is 5.91 Å². The first-order valence-corrected chi connectivity index (χ1v) is 9.22. The number of nitrogens with zero attached hydrogens (tertiary/aromatic N) is 2. The molecule has 1 fully saturated rings. The van der Waals surface area contributed by atoms with Gasteiger partial charge in [-0.3, -0.25) is 14.4 Å². The first-order chi connectivity index (χ1) is 13.3. The monoisotopic (exact) mass is 390 g/mol. The molecule has 28 heavy (non-hydrogen) atoms. The van der Waals surface area contributed by atoms with Crippen LogP contribution in [0.4, 0.5) is 0 Å². The summed E-state index contributed by atoms with van der Waals surface area (Å²) in [5.41, 5.74) is 6.33. The molecule has 1 aromatic rings. The van der Waals surface area contributed by atoms with Gasteiger partial charge in [0.05, 0.1) is 0 Å². The lowest BCUT2D eigenvalue weighted by molar-refractivity contribution is -0.151. The highest BCUT2D eigenvalue weighted by Gasteiger charge is 2.28. The SMILES string of the molecule is CCC(=O)OC1CCN(C(=O)C(C)NC(=O)c2ccc(/C(N)=N\O)cc2)CC1. The molecule has 0 saturated carbocycles. The van der Waals surface area contributed by atoms with Gasteiger partial charge in [0, 0.05) is 43.5 Å². The third-order valence-electron chi connectivity index (χ3n) is 4.61. The number of amides is 2. The van der Waals surface area contributed by atoms with Crippen LogP contribution in [0.5, 0.6) is 0 Å². The van der Waals surface area contributed by atoms with E-state index in [1.807, 2.05) is 0 Å². The highest BCUT2D eigenvalue weighted by Crippen LogP contribution is 2.15. The first-order valence-electron chi connectivity index (χ1n) is 9.22. The van der Waals surface area contributed by atoms with E-state index in [1.54, 1.807) is 30.9 Å². The van der Waals surface area contributed by atoms with Crippen LogP contribution in [0.1, 0.15) is 49.0 Å². The maximum atomic E-state index is 12.6. The average molecular weight is 390 g/mol. The van der Waals surface area contributed by atoms with Gasteiger partial charge in [0.2, 0.25) is 5.91 Å². The van der Waals surface area contributed by atoms with Gasteiger partial charge in [0.1, 0.15) is 12.1 Å². The van der Waals surface area contributed by atoms with E-state index in [2.05, 4.69) is 10.5 Å². The minimum Gasteiger partial charge on any atom is -0.462 e. The van der Waals surface area contributed by atoms with Gasteiger partial charge in [0.15, 0.2) is 5.84 Å². The van der Waals surface area contributed by atoms with E-state index in [4.69, 9.17) is 15.7 Å². The van der Waals surface area contributed by atoms with Crippen molar-refractivity contribution in [3.8, 4) is 0 Å². The molecule has 0 bridgehead atoms. The van der Waals surface area contributed by atoms with Crippen molar-refractivity contribution in [1.82, 2.24) is 10.2 Å². The summed E-state index contributed by atoms with van der Waals surface area (Å²) >= 11 is 0. The molecule has 2 rings (SSSR count). The Bertz CT molecular complexity index is 739. The van der Waals surface area contributed by atoms with Gasteiger partial charge in [-0.15, -0.1) is 0 Å². The molecule has 9 nitrogen and oxygen atoms in total. The van der Waals surface area contributed by atoms with Crippen LogP contribution in [0.25, 0.3) is 0 Å². The van der Waals surface area contributed by atoms with Gasteiger partial charge in [-0.1, -0.05) is 24.2 Å². The van der Waals surface area contributed by atoms with Crippen molar-refractivity contribution in [3.05, 3.63) is 35.4 Å². The van der Waals surface area contributed by atoms with E-state index in [0.717, 1.165) is 0 Å². The molecule has 9 heteroatoms. The fourth-order valence-electron chi connectivity index (χ4n) is 2.93. The Morgan fingerprint density at radius 2 is 1.82 bits per heavy atom. The van der Waals surface area contributed by atoms with Gasteiger partial charge < -0.3 is 25.9 Å². The van der Waals surface area contributed by atoms with Crippen LogP contribution >= 0.6 is 0 Å². The van der Waals surface area contributed by atoms with Gasteiger partial charge >= 0.3 is 5.97 Å². The third-order valence-corrected chi connectivity index (χ3v) is 4.61. The highest BCUT2D eigenvalue weighted by atomic mass is 16.5. The number of nitrogens with two attached hydrogens (primary N) is 1. The number of ether oxygens (including phenoxy) is 1. The van der Waals surface area contributed by atoms with Crippen molar-refractivity contribution in [3.63, 3.8) is 0 Å². The van der Waals surface area contributed by atoms with Crippen LogP contribution < -0.4 is 11.1 Å². The molecule has 0 radical (unpaired) electrons. The molecule has 4 N–H and O–H groups in total. The van der Waals surface area contributed by atoms with E-state index in [1.165, 1.54) is 12.1 Å². The Morgan fingerprint density at radius 1 is 1.25 bits per heavy atom. The zero-order valence-corrected chi connectivity index (χ0v) is 16.1. The summed E-state index contributed by atoms with van der Waals surface area (Å²) in [6.45, 7) is 4.34. The number of carbonyl (C=O) groups excluding carboxylic acids is 3. The minimum absolute atomic E-state index is 0.0523. The number of esters is 1. The second-order valence-electron chi connectivity index (χ2n) is 6.63. The zero-order chi connectivity index (χ0) is 20.7. The molecule has 1 atom stereocenters. The summed E-state index contributed by atoms with van der Waals surface area (Å²) in [4.78, 5) is 38.0. The van der Waals surface area contributed by atoms with Crippen LogP contribution in [-0.2, 0) is 14.3 Å². The minimum atomic E-state index is -0.689. The lowest BCUT2D eigenvalue weighted by Gasteiger charge is -2.33. The van der Waals surface area contributed by atoms with E-state index in [-0.39, 0.29) is 23.8 Å². The number of benzene rings is 1. The van der Waals surface area contributed by atoms with Crippen LogP contribution in [0.15, 0.2) is 29.4 Å². The topological polar surface area (TPSA) is 134 Å². The van der Waals surface area contributed by atoms with Gasteiger partial charge in [-0.05, 0) is 19.1 Å². The Kier molecular flexibility index (Phi) is 7.36. The number of carbonyl (C=O) groups is 3. The maximum absolute atomic E-state index is 12.6. The standard InChI is InChI=1S/C19H26N4O5/c1-3-16(24)28-15-8-10-23(11-9-15)19(26)12(2)21-18(25)14-6-4-13(5-7-14)17(20)22-27/h4-7,12,15,27H,3,8-11H2,1-2H3,(H2,20,22)(H,21,25). The number of amidine groups is 1. The summed E-state index contributed by atoms with van der Waals surface area (Å²) in [5.74, 6) is -0.854. The molecule has 0 aliphatic carbocycles. The van der Waals surface area contributed by atoms with Crippen molar-refractivity contribution in [2.75, 3.05) is 13.1 Å². The van der Waals surface area contributed by atoms with E-state index < -0.39 is 11.9 Å². The summed E-state index contributed by atoms with van der Waals surface area (Å²) in [6.07, 6.45) is 1.36. The van der Waals surface area contributed by atoms with Crippen LogP contribution in [-0.4, -0.2) is 59.0 Å². The number of rotatable bonds is 6. The normalized spacial score (nSPS) is 16.4. The van der Waals surface area contributed by atoms with Crippen molar-refractivity contribution in [1.29, 1.82) is 0 Å². The molecule has 1 unspecified atom stereocenters. The summed E-state index contributed by atoms with van der Waals surface area (Å²) in [5, 5.41) is 14.2. The van der Waals surface area contributed by atoms with Gasteiger partial charge in [-0.2, -0.15) is 0 Å². The summed E-state index contributed by atoms with van der Waals surface area (Å²) < 4.78 is 5.31. The van der Waals surface area contributed by atoms with Crippen LogP contribution in [0, 0.1) is 0 Å². The lowest BCUT2D eigenvalue weighted by Crippen LogP contribution is -2.50. The molecular weight excluding hydrogens is 364 g/mol. The second-order valence-corrected chi connectivity index (χ2v) is 6.63. The molecule has 1 heterocycles. The van der Waals surface area contributed by atoms with E-state index >= 15 is 0 Å². The number of oxime groups is 1. The maximum Gasteiger partial charge on any atom is 0.305 e. The number of hydrogen-bond donors (Lipinski definition) is 3. The Hall–Kier alpha value is -3.10. The molecule has 1 aromatic carbocycles. The smallest absolute Gasteiger partial charge is 0.305 e. The second kappa shape index (κ2) is 9.72. The average Bonchev–Trinajstić information content (AvgIpc) is 2.73. The van der Waals surface area contributed by atoms with Crippen LogP contribution in [0.2, 0.25) is 0 Å². The predicted octanol–water partition coefficient (Wildman–Crippen LogP) is 0.844.